The van der Waals surface area contributed by atoms with Crippen LogP contribution in [-0.2, 0) is 6.54 Å². The summed E-state index contributed by atoms with van der Waals surface area (Å²) in [4.78, 5) is 8.29. The second-order valence-electron chi connectivity index (χ2n) is 5.42. The molecule has 0 radical (unpaired) electrons. The number of hydrogen-bond acceptors (Lipinski definition) is 2. The second kappa shape index (κ2) is 3.33. The molecular formula is C14H17N3. The molecule has 0 aliphatic heterocycles. The first-order chi connectivity index (χ1) is 8.38. The highest BCUT2D eigenvalue weighted by Gasteiger charge is 2.54. The topological polar surface area (TPSA) is 54.7 Å². The average Bonchev–Trinajstić information content (AvgIpc) is 2.77. The standard InChI is InChI=1S/C14H17N3/c15-7-8-3-1-6-11-13(8)17-14(16-11)12-9-4-2-5-10(9)12/h1,3,6,9-10,12H,2,4-5,7,15H2,(H,16,17). The SMILES string of the molecule is NCc1cccc2[nH]c(C3C4CCCC43)nc12. The number of hydrogen-bond donors (Lipinski definition) is 2. The van der Waals surface area contributed by atoms with Crippen LogP contribution in [0.5, 0.6) is 0 Å². The molecule has 17 heavy (non-hydrogen) atoms. The van der Waals surface area contributed by atoms with Gasteiger partial charge in [-0.25, -0.2) is 4.98 Å². The van der Waals surface area contributed by atoms with Gasteiger partial charge in [0.15, 0.2) is 0 Å². The number of aromatic nitrogens is 2. The number of para-hydroxylation sites is 1. The van der Waals surface area contributed by atoms with E-state index in [1.807, 2.05) is 0 Å². The van der Waals surface area contributed by atoms with E-state index < -0.39 is 0 Å². The van der Waals surface area contributed by atoms with Crippen molar-refractivity contribution in [2.75, 3.05) is 0 Å². The zero-order chi connectivity index (χ0) is 11.4. The normalized spacial score (nSPS) is 30.8. The van der Waals surface area contributed by atoms with E-state index in [1.165, 1.54) is 25.1 Å². The molecule has 88 valence electrons. The molecule has 4 rings (SSSR count). The van der Waals surface area contributed by atoms with Crippen LogP contribution >= 0.6 is 0 Å². The number of nitrogens with two attached hydrogens (primary N) is 1. The molecule has 2 aliphatic carbocycles. The molecule has 2 fully saturated rings. The lowest BCUT2D eigenvalue weighted by atomic mass is 10.1. The van der Waals surface area contributed by atoms with Gasteiger partial charge in [-0.05, 0) is 36.3 Å². The molecule has 1 aromatic heterocycles. The fourth-order valence-corrected chi connectivity index (χ4v) is 3.66. The van der Waals surface area contributed by atoms with Crippen LogP contribution in [0.25, 0.3) is 11.0 Å². The van der Waals surface area contributed by atoms with Crippen LogP contribution in [0.4, 0.5) is 0 Å². The largest absolute Gasteiger partial charge is 0.342 e. The van der Waals surface area contributed by atoms with Crippen LogP contribution in [0, 0.1) is 11.8 Å². The highest BCUT2D eigenvalue weighted by atomic mass is 15.0. The average molecular weight is 227 g/mol. The molecule has 0 amide bonds. The van der Waals surface area contributed by atoms with Gasteiger partial charge in [0.2, 0.25) is 0 Å². The Labute approximate surface area is 100 Å². The number of nitrogens with zero attached hydrogens (tertiary/aromatic N) is 1. The summed E-state index contributed by atoms with van der Waals surface area (Å²) in [6.07, 6.45) is 4.21. The molecule has 1 aromatic carbocycles. The van der Waals surface area contributed by atoms with Crippen molar-refractivity contribution < 1.29 is 0 Å². The summed E-state index contributed by atoms with van der Waals surface area (Å²) in [6.45, 7) is 0.569. The molecule has 2 aliphatic rings. The Balaban J connectivity index is 1.78. The summed E-state index contributed by atoms with van der Waals surface area (Å²) in [5.74, 6) is 3.74. The summed E-state index contributed by atoms with van der Waals surface area (Å²) in [7, 11) is 0. The van der Waals surface area contributed by atoms with Crippen LogP contribution in [0.15, 0.2) is 18.2 Å². The minimum Gasteiger partial charge on any atom is -0.342 e. The zero-order valence-electron chi connectivity index (χ0n) is 9.82. The summed E-state index contributed by atoms with van der Waals surface area (Å²) in [5, 5.41) is 0. The summed E-state index contributed by atoms with van der Waals surface area (Å²) in [6, 6.07) is 6.23. The van der Waals surface area contributed by atoms with E-state index in [0.717, 1.165) is 28.4 Å². The third-order valence-corrected chi connectivity index (χ3v) is 4.56. The molecule has 0 saturated heterocycles. The Morgan fingerprint density at radius 2 is 2.12 bits per heavy atom. The van der Waals surface area contributed by atoms with Crippen LogP contribution in [0.1, 0.15) is 36.6 Å². The number of fused-ring (bicyclic) bond motifs is 2. The summed E-state index contributed by atoms with van der Waals surface area (Å²) in [5.41, 5.74) is 9.13. The molecule has 2 saturated carbocycles. The number of rotatable bonds is 2. The number of benzene rings is 1. The molecule has 3 N–H and O–H groups in total. The Bertz CT molecular complexity index is 562. The first-order valence-corrected chi connectivity index (χ1v) is 6.56. The van der Waals surface area contributed by atoms with Gasteiger partial charge in [0.05, 0.1) is 11.0 Å². The van der Waals surface area contributed by atoms with Crippen molar-refractivity contribution in [3.63, 3.8) is 0 Å². The van der Waals surface area contributed by atoms with Gasteiger partial charge < -0.3 is 10.7 Å². The molecule has 2 atom stereocenters. The van der Waals surface area contributed by atoms with Gasteiger partial charge >= 0.3 is 0 Å². The molecule has 3 heteroatoms. The minimum atomic E-state index is 0.569. The van der Waals surface area contributed by atoms with Crippen molar-refractivity contribution in [1.82, 2.24) is 9.97 Å². The lowest BCUT2D eigenvalue weighted by molar-refractivity contribution is 0.664. The van der Waals surface area contributed by atoms with Crippen LogP contribution in [0.3, 0.4) is 0 Å². The monoisotopic (exact) mass is 227 g/mol. The number of imidazole rings is 1. The second-order valence-corrected chi connectivity index (χ2v) is 5.42. The predicted molar refractivity (Wildman–Crippen MR) is 67.6 cm³/mol. The Morgan fingerprint density at radius 1 is 1.29 bits per heavy atom. The summed E-state index contributed by atoms with van der Waals surface area (Å²) < 4.78 is 0. The van der Waals surface area contributed by atoms with Crippen molar-refractivity contribution in [1.29, 1.82) is 0 Å². The van der Waals surface area contributed by atoms with Gasteiger partial charge in [-0.3, -0.25) is 0 Å². The van der Waals surface area contributed by atoms with E-state index in [-0.39, 0.29) is 0 Å². The Kier molecular flexibility index (Phi) is 1.89. The van der Waals surface area contributed by atoms with E-state index in [9.17, 15) is 0 Å². The maximum atomic E-state index is 5.75. The molecule has 2 unspecified atom stereocenters. The Morgan fingerprint density at radius 3 is 2.88 bits per heavy atom. The molecule has 3 nitrogen and oxygen atoms in total. The zero-order valence-corrected chi connectivity index (χ0v) is 9.82. The minimum absolute atomic E-state index is 0.569. The summed E-state index contributed by atoms with van der Waals surface area (Å²) >= 11 is 0. The van der Waals surface area contributed by atoms with Gasteiger partial charge in [0.25, 0.3) is 0 Å². The predicted octanol–water partition coefficient (Wildman–Crippen LogP) is 2.54. The third-order valence-electron chi connectivity index (χ3n) is 4.56. The quantitative estimate of drug-likeness (QED) is 0.828. The maximum Gasteiger partial charge on any atom is 0.110 e. The van der Waals surface area contributed by atoms with Gasteiger partial charge in [-0.2, -0.15) is 0 Å². The van der Waals surface area contributed by atoms with Gasteiger partial charge in [-0.15, -0.1) is 0 Å². The number of aromatic amines is 1. The van der Waals surface area contributed by atoms with Crippen molar-refractivity contribution in [3.05, 3.63) is 29.6 Å². The molecular weight excluding hydrogens is 210 g/mol. The Hall–Kier alpha value is -1.35. The van der Waals surface area contributed by atoms with Crippen molar-refractivity contribution in [2.45, 2.75) is 31.7 Å². The molecule has 0 bridgehead atoms. The van der Waals surface area contributed by atoms with E-state index in [1.54, 1.807) is 0 Å². The van der Waals surface area contributed by atoms with Gasteiger partial charge in [0.1, 0.15) is 5.82 Å². The van der Waals surface area contributed by atoms with E-state index in [2.05, 4.69) is 23.2 Å². The van der Waals surface area contributed by atoms with Crippen LogP contribution < -0.4 is 5.73 Å². The van der Waals surface area contributed by atoms with Crippen LogP contribution in [0.2, 0.25) is 0 Å². The highest BCUT2D eigenvalue weighted by molar-refractivity contribution is 5.79. The fourth-order valence-electron chi connectivity index (χ4n) is 3.66. The van der Waals surface area contributed by atoms with E-state index >= 15 is 0 Å². The van der Waals surface area contributed by atoms with Gasteiger partial charge in [-0.1, -0.05) is 18.6 Å². The smallest absolute Gasteiger partial charge is 0.110 e. The van der Waals surface area contributed by atoms with E-state index in [4.69, 9.17) is 10.7 Å². The lowest BCUT2D eigenvalue weighted by Crippen LogP contribution is -1.96. The first kappa shape index (κ1) is 9.66. The van der Waals surface area contributed by atoms with Gasteiger partial charge in [0, 0.05) is 12.5 Å². The number of nitrogens with one attached hydrogen (secondary N) is 1. The maximum absolute atomic E-state index is 5.75. The first-order valence-electron chi connectivity index (χ1n) is 6.56. The molecule has 2 aromatic rings. The van der Waals surface area contributed by atoms with Crippen LogP contribution in [-0.4, -0.2) is 9.97 Å². The van der Waals surface area contributed by atoms with Crippen molar-refractivity contribution >= 4 is 11.0 Å². The lowest BCUT2D eigenvalue weighted by Gasteiger charge is -1.97. The molecule has 1 heterocycles. The van der Waals surface area contributed by atoms with Crippen molar-refractivity contribution in [2.24, 2.45) is 17.6 Å². The highest BCUT2D eigenvalue weighted by Crippen LogP contribution is 2.62. The fraction of sp³-hybridized carbons (Fsp3) is 0.500. The van der Waals surface area contributed by atoms with Crippen molar-refractivity contribution in [3.8, 4) is 0 Å². The number of H-pyrrole nitrogens is 1. The van der Waals surface area contributed by atoms with E-state index in [0.29, 0.717) is 12.5 Å². The third kappa shape index (κ3) is 1.29. The molecule has 0 spiro atoms.